The van der Waals surface area contributed by atoms with Crippen molar-refractivity contribution in [3.8, 4) is 5.75 Å². The van der Waals surface area contributed by atoms with Crippen LogP contribution >= 0.6 is 11.8 Å². The largest absolute Gasteiger partial charge is 0.486 e. The molecular weight excluding hydrogens is 397 g/mol. The van der Waals surface area contributed by atoms with Crippen LogP contribution in [0.15, 0.2) is 36.0 Å². The van der Waals surface area contributed by atoms with Gasteiger partial charge in [0.15, 0.2) is 28.4 Å². The van der Waals surface area contributed by atoms with Crippen LogP contribution in [0.4, 0.5) is 26.5 Å². The second kappa shape index (κ2) is 10.5. The van der Waals surface area contributed by atoms with Crippen molar-refractivity contribution in [2.75, 3.05) is 42.5 Å². The Morgan fingerprint density at radius 1 is 1.45 bits per heavy atom. The van der Waals surface area contributed by atoms with Crippen molar-refractivity contribution in [2.45, 2.75) is 18.6 Å². The van der Waals surface area contributed by atoms with E-state index in [0.717, 1.165) is 0 Å². The monoisotopic (exact) mass is 421 g/mol. The lowest BCUT2D eigenvalue weighted by Gasteiger charge is -2.24. The second-order valence-corrected chi connectivity index (χ2v) is 6.47. The Morgan fingerprint density at radius 2 is 2.21 bits per heavy atom. The van der Waals surface area contributed by atoms with E-state index in [2.05, 4.69) is 21.9 Å². The van der Waals surface area contributed by atoms with Gasteiger partial charge in [0.05, 0.1) is 13.2 Å². The topological polar surface area (TPSA) is 103 Å². The van der Waals surface area contributed by atoms with Crippen molar-refractivity contribution < 1.29 is 18.7 Å². The van der Waals surface area contributed by atoms with Gasteiger partial charge in [-0.15, -0.1) is 0 Å². The van der Waals surface area contributed by atoms with Crippen LogP contribution in [-0.2, 0) is 11.3 Å². The van der Waals surface area contributed by atoms with Gasteiger partial charge in [-0.1, -0.05) is 30.5 Å². The number of nitrogens with zero attached hydrogens (tertiary/aromatic N) is 3. The van der Waals surface area contributed by atoms with E-state index in [1.54, 1.807) is 26.3 Å². The highest BCUT2D eigenvalue weighted by Crippen LogP contribution is 2.32. The molecule has 1 aromatic heterocycles. The van der Waals surface area contributed by atoms with Crippen molar-refractivity contribution in [2.24, 2.45) is 0 Å². The van der Waals surface area contributed by atoms with Gasteiger partial charge in [-0.3, -0.25) is 4.90 Å². The molecule has 0 unspecified atom stereocenters. The predicted octanol–water partition coefficient (Wildman–Crippen LogP) is 3.69. The summed E-state index contributed by atoms with van der Waals surface area (Å²) in [6.07, 6.45) is 2.70. The van der Waals surface area contributed by atoms with Crippen LogP contribution in [0.3, 0.4) is 0 Å². The number of ether oxygens (including phenoxy) is 2. The molecule has 29 heavy (non-hydrogen) atoms. The van der Waals surface area contributed by atoms with Crippen LogP contribution in [0.2, 0.25) is 0 Å². The van der Waals surface area contributed by atoms with Crippen molar-refractivity contribution in [1.82, 2.24) is 9.97 Å². The number of hydrogen-bond donors (Lipinski definition) is 2. The first-order valence-corrected chi connectivity index (χ1v) is 10.0. The van der Waals surface area contributed by atoms with Crippen molar-refractivity contribution in [3.63, 3.8) is 0 Å². The fourth-order valence-corrected chi connectivity index (χ4v) is 2.85. The molecule has 8 nitrogen and oxygen atoms in total. The van der Waals surface area contributed by atoms with Gasteiger partial charge < -0.3 is 20.5 Å². The number of nitrogens with one attached hydrogen (secondary N) is 1. The molecule has 10 heteroatoms. The van der Waals surface area contributed by atoms with E-state index in [4.69, 9.17) is 15.2 Å². The number of nitrogen functional groups attached to an aromatic ring is 1. The smallest absolute Gasteiger partial charge is 0.415 e. The predicted molar refractivity (Wildman–Crippen MR) is 113 cm³/mol. The highest BCUT2D eigenvalue weighted by Gasteiger charge is 2.25. The van der Waals surface area contributed by atoms with Gasteiger partial charge in [-0.25, -0.2) is 19.2 Å². The van der Waals surface area contributed by atoms with Gasteiger partial charge in [0, 0.05) is 7.05 Å². The third kappa shape index (κ3) is 5.50. The number of benzene rings is 1. The maximum atomic E-state index is 14.0. The van der Waals surface area contributed by atoms with Crippen LogP contribution in [0.25, 0.3) is 0 Å². The number of hydrogen-bond acceptors (Lipinski definition) is 8. The van der Waals surface area contributed by atoms with Crippen LogP contribution < -0.4 is 20.7 Å². The van der Waals surface area contributed by atoms with Gasteiger partial charge in [-0.05, 0) is 30.9 Å². The second-order valence-electron chi connectivity index (χ2n) is 5.69. The molecule has 2 rings (SSSR count). The van der Waals surface area contributed by atoms with E-state index < -0.39 is 11.9 Å². The molecule has 0 atom stereocenters. The number of halogens is 1. The lowest BCUT2D eigenvalue weighted by atomic mass is 10.2. The summed E-state index contributed by atoms with van der Waals surface area (Å²) in [5, 5.41) is 3.33. The van der Waals surface area contributed by atoms with Gasteiger partial charge >= 0.3 is 6.09 Å². The molecule has 0 radical (unpaired) electrons. The molecule has 3 N–H and O–H groups in total. The standard InChI is InChI=1S/C19H24FN5O3S/c1-5-9-28-14-10-12(7-8-13(14)20)11-25(19(26)27-6-2)17-15(22-3)16(21)23-18(24-17)29-4/h5,7-8,10,22H,1,6,9,11H2,2-4H3,(H2,21,23,24). The zero-order valence-corrected chi connectivity index (χ0v) is 17.4. The average Bonchev–Trinajstić information content (AvgIpc) is 2.71. The SMILES string of the molecule is C=CCOc1cc(CN(C(=O)OCC)c2nc(SC)nc(N)c2NC)ccc1F. The summed E-state index contributed by atoms with van der Waals surface area (Å²) in [4.78, 5) is 22.6. The Hall–Kier alpha value is -3.01. The molecule has 0 saturated carbocycles. The van der Waals surface area contributed by atoms with Crippen LogP contribution in [0, 0.1) is 5.82 Å². The number of carbonyl (C=O) groups excluding carboxylic acids is 1. The Labute approximate surface area is 173 Å². The Morgan fingerprint density at radius 3 is 2.83 bits per heavy atom. The minimum atomic E-state index is -0.618. The van der Waals surface area contributed by atoms with E-state index in [9.17, 15) is 9.18 Å². The number of rotatable bonds is 9. The third-order valence-corrected chi connectivity index (χ3v) is 4.31. The van der Waals surface area contributed by atoms with Crippen LogP contribution in [0.1, 0.15) is 12.5 Å². The number of nitrogens with two attached hydrogens (primary N) is 1. The van der Waals surface area contributed by atoms with Gasteiger partial charge in [0.2, 0.25) is 0 Å². The fourth-order valence-electron chi connectivity index (χ4n) is 2.49. The first-order valence-electron chi connectivity index (χ1n) is 8.80. The molecule has 0 fully saturated rings. The Bertz CT molecular complexity index is 881. The van der Waals surface area contributed by atoms with Crippen molar-refractivity contribution in [1.29, 1.82) is 0 Å². The highest BCUT2D eigenvalue weighted by atomic mass is 32.2. The molecule has 0 aliphatic carbocycles. The molecule has 1 heterocycles. The number of carbonyl (C=O) groups is 1. The number of anilines is 3. The lowest BCUT2D eigenvalue weighted by Crippen LogP contribution is -2.33. The molecule has 0 aliphatic rings. The summed E-state index contributed by atoms with van der Waals surface area (Å²) in [6, 6.07) is 4.35. The first-order chi connectivity index (χ1) is 13.9. The average molecular weight is 421 g/mol. The van der Waals surface area contributed by atoms with Crippen molar-refractivity contribution >= 4 is 35.2 Å². The molecule has 1 amide bonds. The molecule has 0 aliphatic heterocycles. The molecule has 0 spiro atoms. The zero-order valence-electron chi connectivity index (χ0n) is 16.6. The number of amides is 1. The summed E-state index contributed by atoms with van der Waals surface area (Å²) >= 11 is 1.29. The molecule has 1 aromatic carbocycles. The van der Waals surface area contributed by atoms with E-state index >= 15 is 0 Å². The Balaban J connectivity index is 2.49. The lowest BCUT2D eigenvalue weighted by molar-refractivity contribution is 0.159. The minimum absolute atomic E-state index is 0.0581. The quantitative estimate of drug-likeness (QED) is 0.359. The molecular formula is C19H24FN5O3S. The molecule has 2 aromatic rings. The molecule has 0 bridgehead atoms. The third-order valence-electron chi connectivity index (χ3n) is 3.77. The van der Waals surface area contributed by atoms with Crippen LogP contribution in [0.5, 0.6) is 5.75 Å². The summed E-state index contributed by atoms with van der Waals surface area (Å²) in [6.45, 7) is 5.65. The normalized spacial score (nSPS) is 10.3. The fraction of sp³-hybridized carbons (Fsp3) is 0.316. The summed E-state index contributed by atoms with van der Waals surface area (Å²) in [7, 11) is 1.65. The maximum absolute atomic E-state index is 14.0. The Kier molecular flexibility index (Phi) is 8.08. The minimum Gasteiger partial charge on any atom is -0.486 e. The van der Waals surface area contributed by atoms with E-state index in [-0.39, 0.29) is 37.1 Å². The van der Waals surface area contributed by atoms with E-state index in [0.29, 0.717) is 16.4 Å². The highest BCUT2D eigenvalue weighted by molar-refractivity contribution is 7.98. The molecule has 0 saturated heterocycles. The summed E-state index contributed by atoms with van der Waals surface area (Å²) in [5.74, 6) is 0.0168. The van der Waals surface area contributed by atoms with E-state index in [1.807, 2.05) is 0 Å². The molecule has 156 valence electrons. The van der Waals surface area contributed by atoms with Gasteiger partial charge in [0.25, 0.3) is 0 Å². The van der Waals surface area contributed by atoms with Gasteiger partial charge in [-0.2, -0.15) is 0 Å². The van der Waals surface area contributed by atoms with Crippen LogP contribution in [-0.4, -0.2) is 42.6 Å². The summed E-state index contributed by atoms with van der Waals surface area (Å²) < 4.78 is 24.5. The maximum Gasteiger partial charge on any atom is 0.415 e. The number of thioether (sulfide) groups is 1. The summed E-state index contributed by atoms with van der Waals surface area (Å²) in [5.41, 5.74) is 7.03. The first kappa shape index (κ1) is 22.3. The zero-order chi connectivity index (χ0) is 21.4. The van der Waals surface area contributed by atoms with Crippen molar-refractivity contribution in [3.05, 3.63) is 42.2 Å². The van der Waals surface area contributed by atoms with E-state index in [1.165, 1.54) is 34.9 Å². The number of aromatic nitrogens is 2. The van der Waals surface area contributed by atoms with Gasteiger partial charge in [0.1, 0.15) is 12.3 Å².